The summed E-state index contributed by atoms with van der Waals surface area (Å²) in [6.45, 7) is 4.81. The lowest BCUT2D eigenvalue weighted by Gasteiger charge is -2.39. The first kappa shape index (κ1) is 17.5. The lowest BCUT2D eigenvalue weighted by Crippen LogP contribution is -2.48. The molecular formula is C20H25N5O3. The number of fused-ring (bicyclic) bond motifs is 3. The molecule has 0 bridgehead atoms. The molecule has 2 atom stereocenters. The number of hydrogen-bond donors (Lipinski definition) is 2. The van der Waals surface area contributed by atoms with Gasteiger partial charge in [0.25, 0.3) is 0 Å². The predicted octanol–water partition coefficient (Wildman–Crippen LogP) is 2.04. The van der Waals surface area contributed by atoms with E-state index in [9.17, 15) is 9.59 Å². The van der Waals surface area contributed by atoms with Crippen LogP contribution in [0.3, 0.4) is 0 Å². The summed E-state index contributed by atoms with van der Waals surface area (Å²) in [6.07, 6.45) is 6.01. The minimum atomic E-state index is -0.136. The van der Waals surface area contributed by atoms with E-state index in [1.54, 1.807) is 6.20 Å². The first-order valence-electron chi connectivity index (χ1n) is 10.1. The molecule has 2 saturated heterocycles. The van der Waals surface area contributed by atoms with Gasteiger partial charge < -0.3 is 19.6 Å². The van der Waals surface area contributed by atoms with Gasteiger partial charge in [-0.15, -0.1) is 0 Å². The highest BCUT2D eigenvalue weighted by molar-refractivity contribution is 6.01. The zero-order valence-electron chi connectivity index (χ0n) is 16.0. The Kier molecular flexibility index (Phi) is 4.23. The molecule has 8 nitrogen and oxygen atoms in total. The molecule has 0 radical (unpaired) electrons. The Labute approximate surface area is 161 Å². The lowest BCUT2D eigenvalue weighted by molar-refractivity contribution is -0.140. The Morgan fingerprint density at radius 2 is 2.11 bits per heavy atom. The second kappa shape index (κ2) is 6.77. The number of H-pyrrole nitrogens is 2. The van der Waals surface area contributed by atoms with Crippen molar-refractivity contribution in [3.8, 4) is 0 Å². The molecule has 5 rings (SSSR count). The molecule has 2 aliphatic rings. The molecule has 0 aromatic carbocycles. The van der Waals surface area contributed by atoms with Crippen LogP contribution in [0.5, 0.6) is 0 Å². The van der Waals surface area contributed by atoms with Gasteiger partial charge in [0.15, 0.2) is 0 Å². The van der Waals surface area contributed by atoms with Crippen LogP contribution in [-0.2, 0) is 9.53 Å². The maximum atomic E-state index is 13.1. The van der Waals surface area contributed by atoms with Crippen LogP contribution in [0.4, 0.5) is 0 Å². The summed E-state index contributed by atoms with van der Waals surface area (Å²) >= 11 is 0. The number of nitrogens with zero attached hydrogens (tertiary/aromatic N) is 3. The van der Waals surface area contributed by atoms with Crippen LogP contribution in [0.2, 0.25) is 0 Å². The van der Waals surface area contributed by atoms with Crippen molar-refractivity contribution in [3.05, 3.63) is 28.9 Å². The number of likely N-dealkylation sites (tertiary alicyclic amines) is 1. The highest BCUT2D eigenvalue weighted by Crippen LogP contribution is 2.32. The van der Waals surface area contributed by atoms with Crippen molar-refractivity contribution in [1.29, 1.82) is 0 Å². The van der Waals surface area contributed by atoms with E-state index < -0.39 is 0 Å². The predicted molar refractivity (Wildman–Crippen MR) is 105 cm³/mol. The highest BCUT2D eigenvalue weighted by Gasteiger charge is 2.35. The number of piperidine rings is 1. The zero-order chi connectivity index (χ0) is 19.3. The van der Waals surface area contributed by atoms with Gasteiger partial charge in [-0.25, -0.2) is 9.78 Å². The molecule has 2 fully saturated rings. The largest absolute Gasteiger partial charge is 0.381 e. The first-order chi connectivity index (χ1) is 13.6. The summed E-state index contributed by atoms with van der Waals surface area (Å²) in [7, 11) is 0. The summed E-state index contributed by atoms with van der Waals surface area (Å²) in [5.74, 6) is 0.558. The van der Waals surface area contributed by atoms with Gasteiger partial charge in [0, 0.05) is 43.8 Å². The Morgan fingerprint density at radius 1 is 1.29 bits per heavy atom. The van der Waals surface area contributed by atoms with Crippen LogP contribution in [0.25, 0.3) is 22.1 Å². The molecule has 3 aromatic heterocycles. The number of hydrogen-bond acceptors (Lipinski definition) is 4. The molecule has 5 heterocycles. The summed E-state index contributed by atoms with van der Waals surface area (Å²) in [6, 6.07) is 1.90. The Hall–Kier alpha value is -2.61. The highest BCUT2D eigenvalue weighted by atomic mass is 16.5. The molecule has 0 saturated carbocycles. The third kappa shape index (κ3) is 2.74. The number of ether oxygens (including phenoxy) is 1. The van der Waals surface area contributed by atoms with Crippen molar-refractivity contribution in [2.24, 2.45) is 11.8 Å². The first-order valence-corrected chi connectivity index (χ1v) is 10.1. The van der Waals surface area contributed by atoms with E-state index in [-0.39, 0.29) is 23.6 Å². The molecule has 3 aromatic rings. The minimum Gasteiger partial charge on any atom is -0.381 e. The quantitative estimate of drug-likeness (QED) is 0.708. The number of aromatic amines is 2. The van der Waals surface area contributed by atoms with E-state index >= 15 is 0 Å². The van der Waals surface area contributed by atoms with Gasteiger partial charge in [0.2, 0.25) is 5.91 Å². The van der Waals surface area contributed by atoms with Crippen molar-refractivity contribution in [1.82, 2.24) is 24.4 Å². The normalized spacial score (nSPS) is 24.2. The molecule has 0 spiro atoms. The van der Waals surface area contributed by atoms with Crippen LogP contribution in [0, 0.1) is 11.8 Å². The van der Waals surface area contributed by atoms with Crippen molar-refractivity contribution >= 4 is 28.0 Å². The fourth-order valence-electron chi connectivity index (χ4n) is 4.73. The molecule has 2 aliphatic heterocycles. The van der Waals surface area contributed by atoms with Crippen LogP contribution in [0.15, 0.2) is 23.3 Å². The van der Waals surface area contributed by atoms with Crippen molar-refractivity contribution in [2.45, 2.75) is 32.2 Å². The molecule has 2 N–H and O–H groups in total. The Bertz CT molecular complexity index is 1070. The Morgan fingerprint density at radius 3 is 2.93 bits per heavy atom. The molecule has 1 amide bonds. The Balaban J connectivity index is 1.52. The molecule has 148 valence electrons. The van der Waals surface area contributed by atoms with E-state index in [4.69, 9.17) is 4.74 Å². The average molecular weight is 383 g/mol. The van der Waals surface area contributed by atoms with E-state index in [1.165, 1.54) is 0 Å². The monoisotopic (exact) mass is 383 g/mol. The van der Waals surface area contributed by atoms with Gasteiger partial charge in [-0.05, 0) is 31.2 Å². The molecular weight excluding hydrogens is 358 g/mol. The SMILES string of the molecule is CC1CCN(C(=O)C2CCOCC2)CC1n1c(=O)[nH]c2cnc3[nH]ccc3c21. The zero-order valence-corrected chi connectivity index (χ0v) is 16.0. The van der Waals surface area contributed by atoms with Gasteiger partial charge in [-0.1, -0.05) is 6.92 Å². The molecule has 28 heavy (non-hydrogen) atoms. The van der Waals surface area contributed by atoms with Crippen LogP contribution in [0.1, 0.15) is 32.2 Å². The fraction of sp³-hybridized carbons (Fsp3) is 0.550. The van der Waals surface area contributed by atoms with Gasteiger partial charge in [0.05, 0.1) is 23.3 Å². The topological polar surface area (TPSA) is 96.0 Å². The summed E-state index contributed by atoms with van der Waals surface area (Å²) in [4.78, 5) is 38.3. The van der Waals surface area contributed by atoms with E-state index in [0.717, 1.165) is 47.9 Å². The number of pyridine rings is 1. The fourth-order valence-corrected chi connectivity index (χ4v) is 4.73. The number of amides is 1. The average Bonchev–Trinajstić information content (AvgIpc) is 3.32. The number of carbonyl (C=O) groups excluding carboxylic acids is 1. The smallest absolute Gasteiger partial charge is 0.326 e. The maximum absolute atomic E-state index is 13.1. The van der Waals surface area contributed by atoms with Crippen molar-refractivity contribution in [2.75, 3.05) is 26.3 Å². The number of aromatic nitrogens is 4. The van der Waals surface area contributed by atoms with Crippen LogP contribution >= 0.6 is 0 Å². The van der Waals surface area contributed by atoms with Gasteiger partial charge in [0.1, 0.15) is 5.65 Å². The number of nitrogens with one attached hydrogen (secondary N) is 2. The second-order valence-corrected chi connectivity index (χ2v) is 8.06. The van der Waals surface area contributed by atoms with Gasteiger partial charge in [-0.2, -0.15) is 0 Å². The van der Waals surface area contributed by atoms with Crippen molar-refractivity contribution < 1.29 is 9.53 Å². The lowest BCUT2D eigenvalue weighted by atomic mass is 9.90. The second-order valence-electron chi connectivity index (χ2n) is 8.06. The van der Waals surface area contributed by atoms with E-state index in [2.05, 4.69) is 21.9 Å². The van der Waals surface area contributed by atoms with Crippen LogP contribution < -0.4 is 5.69 Å². The number of rotatable bonds is 2. The van der Waals surface area contributed by atoms with Crippen molar-refractivity contribution in [3.63, 3.8) is 0 Å². The third-order valence-corrected chi connectivity index (χ3v) is 6.39. The molecule has 2 unspecified atom stereocenters. The maximum Gasteiger partial charge on any atom is 0.326 e. The standard InChI is InChI=1S/C20H25N5O3/c1-12-3-7-24(19(26)13-4-8-28-9-5-13)11-16(12)25-17-14-2-6-21-18(14)22-10-15(17)23-20(25)27/h2,6,10,12-13,16H,3-5,7-9,11H2,1H3,(H,21,22)(H,23,27). The van der Waals surface area contributed by atoms with E-state index in [0.29, 0.717) is 25.7 Å². The summed E-state index contributed by atoms with van der Waals surface area (Å²) in [5, 5.41) is 0.927. The molecule has 8 heteroatoms. The van der Waals surface area contributed by atoms with E-state index in [1.807, 2.05) is 21.7 Å². The third-order valence-electron chi connectivity index (χ3n) is 6.39. The minimum absolute atomic E-state index is 0.0445. The summed E-state index contributed by atoms with van der Waals surface area (Å²) < 4.78 is 7.25. The van der Waals surface area contributed by atoms with Crippen LogP contribution in [-0.4, -0.2) is 56.6 Å². The summed E-state index contributed by atoms with van der Waals surface area (Å²) in [5.41, 5.74) is 2.23. The molecule has 0 aliphatic carbocycles. The number of imidazole rings is 1. The van der Waals surface area contributed by atoms with Gasteiger partial charge >= 0.3 is 5.69 Å². The number of carbonyl (C=O) groups is 1. The van der Waals surface area contributed by atoms with Gasteiger partial charge in [-0.3, -0.25) is 9.36 Å².